The molecule has 5 rings (SSSR count). The van der Waals surface area contributed by atoms with Crippen LogP contribution in [-0.4, -0.2) is 59.4 Å². The van der Waals surface area contributed by atoms with Gasteiger partial charge in [0, 0.05) is 12.0 Å². The maximum absolute atomic E-state index is 13.6. The molecule has 0 spiro atoms. The number of likely N-dealkylation sites (tertiary alicyclic amines) is 1. The first kappa shape index (κ1) is 27.6. The van der Waals surface area contributed by atoms with Crippen molar-refractivity contribution in [3.63, 3.8) is 0 Å². The minimum Gasteiger partial charge on any atom is -0.504 e. The number of hydrogen-bond acceptors (Lipinski definition) is 6. The second kappa shape index (κ2) is 11.7. The fourth-order valence-corrected chi connectivity index (χ4v) is 7.70. The fourth-order valence-electron chi connectivity index (χ4n) is 7.08. The lowest BCUT2D eigenvalue weighted by Gasteiger charge is -2.31. The second-order valence-electron chi connectivity index (χ2n) is 11.1. The Balaban J connectivity index is 1.33. The molecule has 1 saturated carbocycles. The van der Waals surface area contributed by atoms with Gasteiger partial charge in [-0.3, -0.25) is 14.5 Å². The normalized spacial score (nSPS) is 28.2. The summed E-state index contributed by atoms with van der Waals surface area (Å²) in [4.78, 5) is 28.7. The third-order valence-electron chi connectivity index (χ3n) is 9.00. The van der Waals surface area contributed by atoms with Crippen LogP contribution in [0.15, 0.2) is 28.9 Å². The van der Waals surface area contributed by atoms with Crippen molar-refractivity contribution < 1.29 is 29.3 Å². The van der Waals surface area contributed by atoms with Gasteiger partial charge >= 0.3 is 0 Å². The van der Waals surface area contributed by atoms with E-state index in [9.17, 15) is 19.8 Å². The summed E-state index contributed by atoms with van der Waals surface area (Å²) in [7, 11) is 1.55. The summed E-state index contributed by atoms with van der Waals surface area (Å²) in [5.41, 5.74) is 4.18. The first-order chi connectivity index (χ1) is 18.4. The van der Waals surface area contributed by atoms with Crippen molar-refractivity contribution in [1.29, 1.82) is 0 Å². The third kappa shape index (κ3) is 5.04. The van der Waals surface area contributed by atoms with Crippen molar-refractivity contribution in [3.8, 4) is 11.5 Å². The van der Waals surface area contributed by atoms with Crippen LogP contribution in [0.1, 0.15) is 70.3 Å². The van der Waals surface area contributed by atoms with Crippen molar-refractivity contribution in [3.05, 3.63) is 38.0 Å². The summed E-state index contributed by atoms with van der Waals surface area (Å²) in [6.07, 6.45) is 10.0. The van der Waals surface area contributed by atoms with E-state index >= 15 is 0 Å². The van der Waals surface area contributed by atoms with Crippen LogP contribution in [0.2, 0.25) is 0 Å². The highest BCUT2D eigenvalue weighted by atomic mass is 127. The first-order valence-corrected chi connectivity index (χ1v) is 15.0. The van der Waals surface area contributed by atoms with Crippen LogP contribution in [0.25, 0.3) is 6.08 Å². The Morgan fingerprint density at radius 1 is 1.18 bits per heavy atom. The second-order valence-corrected chi connectivity index (χ2v) is 12.2. The SMILES string of the molecule is CC/C(=C\c1cc(I)c(O)c(OC)c1)CC[C@H]1OC[C@H]2C1=C(CO)C[C@H]1C(=O)N(C3CCCCC3)C(=O)[C@H]12. The van der Waals surface area contributed by atoms with E-state index < -0.39 is 0 Å². The van der Waals surface area contributed by atoms with Crippen LogP contribution in [0.4, 0.5) is 0 Å². The molecular formula is C30H38INO6. The number of amides is 2. The molecule has 2 aliphatic heterocycles. The van der Waals surface area contributed by atoms with Crippen molar-refractivity contribution >= 4 is 40.5 Å². The molecule has 2 amide bonds. The zero-order valence-corrected chi connectivity index (χ0v) is 24.4. The highest BCUT2D eigenvalue weighted by molar-refractivity contribution is 14.1. The van der Waals surface area contributed by atoms with E-state index in [1.54, 1.807) is 12.0 Å². The van der Waals surface area contributed by atoms with Crippen LogP contribution in [0, 0.1) is 21.3 Å². The number of carbonyl (C=O) groups is 2. The third-order valence-corrected chi connectivity index (χ3v) is 9.82. The number of ether oxygens (including phenoxy) is 2. The highest BCUT2D eigenvalue weighted by Crippen LogP contribution is 2.50. The van der Waals surface area contributed by atoms with Crippen molar-refractivity contribution in [2.24, 2.45) is 17.8 Å². The Morgan fingerprint density at radius 3 is 2.63 bits per heavy atom. The minimum absolute atomic E-state index is 0.0133. The number of aliphatic hydroxyl groups is 1. The number of fused-ring (bicyclic) bond motifs is 3. The molecule has 2 heterocycles. The predicted molar refractivity (Wildman–Crippen MR) is 153 cm³/mol. The Kier molecular flexibility index (Phi) is 8.50. The maximum Gasteiger partial charge on any atom is 0.234 e. The number of phenols is 1. The summed E-state index contributed by atoms with van der Waals surface area (Å²) in [6.45, 7) is 2.46. The number of rotatable bonds is 8. The zero-order chi connectivity index (χ0) is 27.0. The topological polar surface area (TPSA) is 96.3 Å². The molecule has 1 aromatic carbocycles. The number of benzene rings is 1. The van der Waals surface area contributed by atoms with Gasteiger partial charge in [0.2, 0.25) is 11.8 Å². The fraction of sp³-hybridized carbons (Fsp3) is 0.600. The van der Waals surface area contributed by atoms with Crippen molar-refractivity contribution in [2.45, 2.75) is 76.9 Å². The Morgan fingerprint density at radius 2 is 1.95 bits per heavy atom. The molecular weight excluding hydrogens is 597 g/mol. The van der Waals surface area contributed by atoms with Gasteiger partial charge in [-0.25, -0.2) is 0 Å². The molecule has 2 N–H and O–H groups in total. The number of hydrogen-bond donors (Lipinski definition) is 2. The molecule has 7 nitrogen and oxygen atoms in total. The number of phenolic OH excluding ortho intramolecular Hbond substituents is 1. The van der Waals surface area contributed by atoms with Gasteiger partial charge < -0.3 is 19.7 Å². The first-order valence-electron chi connectivity index (χ1n) is 13.9. The molecule has 2 aliphatic carbocycles. The van der Waals surface area contributed by atoms with Gasteiger partial charge in [0.05, 0.1) is 41.8 Å². The molecule has 206 valence electrons. The van der Waals surface area contributed by atoms with E-state index in [4.69, 9.17) is 9.47 Å². The number of imide groups is 1. The van der Waals surface area contributed by atoms with E-state index in [2.05, 4.69) is 35.6 Å². The summed E-state index contributed by atoms with van der Waals surface area (Å²) < 4.78 is 12.3. The lowest BCUT2D eigenvalue weighted by molar-refractivity contribution is -0.143. The Bertz CT molecular complexity index is 1150. The van der Waals surface area contributed by atoms with E-state index in [-0.39, 0.29) is 54.1 Å². The lowest BCUT2D eigenvalue weighted by Crippen LogP contribution is -2.42. The van der Waals surface area contributed by atoms with E-state index in [1.807, 2.05) is 12.1 Å². The number of aliphatic hydroxyl groups excluding tert-OH is 1. The van der Waals surface area contributed by atoms with Gasteiger partial charge in [0.1, 0.15) is 0 Å². The van der Waals surface area contributed by atoms with Gasteiger partial charge in [-0.2, -0.15) is 0 Å². The summed E-state index contributed by atoms with van der Waals surface area (Å²) in [6, 6.07) is 3.81. The number of aromatic hydroxyl groups is 1. The molecule has 3 fully saturated rings. The van der Waals surface area contributed by atoms with E-state index in [1.165, 1.54) is 12.0 Å². The van der Waals surface area contributed by atoms with Crippen LogP contribution >= 0.6 is 22.6 Å². The van der Waals surface area contributed by atoms with Crippen molar-refractivity contribution in [1.82, 2.24) is 4.90 Å². The average molecular weight is 636 g/mol. The van der Waals surface area contributed by atoms with Gasteiger partial charge in [0.15, 0.2) is 11.5 Å². The van der Waals surface area contributed by atoms with Crippen LogP contribution in [0.3, 0.4) is 0 Å². The Labute approximate surface area is 238 Å². The van der Waals surface area contributed by atoms with Gasteiger partial charge in [0.25, 0.3) is 0 Å². The minimum atomic E-state index is -0.360. The molecule has 0 unspecified atom stereocenters. The molecule has 38 heavy (non-hydrogen) atoms. The molecule has 1 aromatic rings. The number of allylic oxidation sites excluding steroid dienone is 1. The maximum atomic E-state index is 13.6. The van der Waals surface area contributed by atoms with E-state index in [0.29, 0.717) is 18.8 Å². The highest BCUT2D eigenvalue weighted by Gasteiger charge is 2.58. The van der Waals surface area contributed by atoms with Crippen LogP contribution < -0.4 is 4.74 Å². The molecule has 0 bridgehead atoms. The van der Waals surface area contributed by atoms with Crippen LogP contribution in [-0.2, 0) is 14.3 Å². The summed E-state index contributed by atoms with van der Waals surface area (Å²) in [5, 5.41) is 20.5. The average Bonchev–Trinajstić information content (AvgIpc) is 3.46. The molecule has 8 heteroatoms. The standard InChI is InChI=1S/C30H38INO6/c1-3-17(11-18-12-23(31)28(34)25(13-18)37-2)9-10-24-26-19(15-33)14-21-27(22(26)16-38-24)30(36)32(29(21)35)20-7-5-4-6-8-20/h11-13,20-22,24,27,33-34H,3-10,14-16H2,1-2H3/b17-11+/t21-,22+,24-,27-/m1/s1. The van der Waals surface area contributed by atoms with Gasteiger partial charge in [-0.15, -0.1) is 0 Å². The Hall–Kier alpha value is -1.91. The summed E-state index contributed by atoms with van der Waals surface area (Å²) in [5.74, 6) is -0.282. The molecule has 2 saturated heterocycles. The molecule has 0 aromatic heterocycles. The van der Waals surface area contributed by atoms with Crippen LogP contribution in [0.5, 0.6) is 11.5 Å². The quantitative estimate of drug-likeness (QED) is 0.231. The van der Waals surface area contributed by atoms with Gasteiger partial charge in [-0.05, 0) is 90.0 Å². The predicted octanol–water partition coefficient (Wildman–Crippen LogP) is 5.22. The van der Waals surface area contributed by atoms with Gasteiger partial charge in [-0.1, -0.05) is 37.8 Å². The zero-order valence-electron chi connectivity index (χ0n) is 22.2. The number of methoxy groups -OCH3 is 1. The monoisotopic (exact) mass is 635 g/mol. The molecule has 4 aliphatic rings. The lowest BCUT2D eigenvalue weighted by atomic mass is 9.69. The number of halogens is 1. The number of nitrogens with zero attached hydrogens (tertiary/aromatic N) is 1. The summed E-state index contributed by atoms with van der Waals surface area (Å²) >= 11 is 2.10. The van der Waals surface area contributed by atoms with Crippen molar-refractivity contribution in [2.75, 3.05) is 20.3 Å². The molecule has 0 radical (unpaired) electrons. The molecule has 4 atom stereocenters. The number of carbonyl (C=O) groups excluding carboxylic acids is 2. The smallest absolute Gasteiger partial charge is 0.234 e. The van der Waals surface area contributed by atoms with E-state index in [0.717, 1.165) is 65.2 Å². The largest absolute Gasteiger partial charge is 0.504 e.